The van der Waals surface area contributed by atoms with Crippen LogP contribution in [0.2, 0.25) is 5.02 Å². The molecule has 5 aromatic rings. The van der Waals surface area contributed by atoms with Crippen molar-refractivity contribution in [3.63, 3.8) is 0 Å². The second-order valence-electron chi connectivity index (χ2n) is 6.37. The van der Waals surface area contributed by atoms with E-state index in [1.165, 1.54) is 11.3 Å². The van der Waals surface area contributed by atoms with Gasteiger partial charge in [-0.1, -0.05) is 35.1 Å². The number of ether oxygens (including phenoxy) is 2. The summed E-state index contributed by atoms with van der Waals surface area (Å²) in [5.41, 5.74) is 3.36. The minimum absolute atomic E-state index is 0.584. The first-order chi connectivity index (χ1) is 14.7. The first kappa shape index (κ1) is 18.6. The standard InChI is InChI=1S/C20H15ClN6O2S/c1-28-16-8-5-12(9-17(16)29-2)19-26-27-18(24-25-20(27)30-19)15-10-14(22-23-15)11-3-6-13(21)7-4-11/h3-10H,1-2H3,(H,22,23). The third kappa shape index (κ3) is 3.17. The van der Waals surface area contributed by atoms with Crippen LogP contribution in [-0.4, -0.2) is 44.2 Å². The number of rotatable bonds is 5. The van der Waals surface area contributed by atoms with Gasteiger partial charge >= 0.3 is 0 Å². The van der Waals surface area contributed by atoms with E-state index < -0.39 is 0 Å². The van der Waals surface area contributed by atoms with Crippen LogP contribution in [0.15, 0.2) is 48.5 Å². The predicted molar refractivity (Wildman–Crippen MR) is 115 cm³/mol. The number of nitrogens with one attached hydrogen (secondary N) is 1. The molecule has 2 aromatic carbocycles. The highest BCUT2D eigenvalue weighted by molar-refractivity contribution is 7.19. The molecule has 3 aromatic heterocycles. The summed E-state index contributed by atoms with van der Waals surface area (Å²) in [4.78, 5) is 0.678. The fourth-order valence-electron chi connectivity index (χ4n) is 3.08. The summed E-state index contributed by atoms with van der Waals surface area (Å²) in [5.74, 6) is 1.89. The number of hydrogen-bond acceptors (Lipinski definition) is 7. The van der Waals surface area contributed by atoms with E-state index in [2.05, 4.69) is 20.4 Å². The maximum Gasteiger partial charge on any atom is 0.235 e. The van der Waals surface area contributed by atoms with Gasteiger partial charge in [-0.25, -0.2) is 0 Å². The van der Waals surface area contributed by atoms with E-state index in [9.17, 15) is 0 Å². The molecule has 0 amide bonds. The number of aromatic amines is 1. The summed E-state index contributed by atoms with van der Waals surface area (Å²) in [6, 6.07) is 15.1. The zero-order valence-corrected chi connectivity index (χ0v) is 17.5. The number of hydrogen-bond donors (Lipinski definition) is 1. The van der Waals surface area contributed by atoms with Crippen molar-refractivity contribution in [2.75, 3.05) is 14.2 Å². The van der Waals surface area contributed by atoms with Crippen LogP contribution in [0.5, 0.6) is 11.5 Å². The van der Waals surface area contributed by atoms with Crippen molar-refractivity contribution in [1.29, 1.82) is 0 Å². The normalized spacial score (nSPS) is 11.2. The fraction of sp³-hybridized carbons (Fsp3) is 0.100. The Morgan fingerprint density at radius 2 is 1.70 bits per heavy atom. The minimum atomic E-state index is 0.584. The van der Waals surface area contributed by atoms with E-state index in [0.29, 0.717) is 27.3 Å². The smallest absolute Gasteiger partial charge is 0.235 e. The van der Waals surface area contributed by atoms with Gasteiger partial charge in [-0.3, -0.25) is 5.10 Å². The van der Waals surface area contributed by atoms with Gasteiger partial charge in [0.1, 0.15) is 10.7 Å². The van der Waals surface area contributed by atoms with Crippen molar-refractivity contribution in [2.45, 2.75) is 0 Å². The van der Waals surface area contributed by atoms with Crippen molar-refractivity contribution in [1.82, 2.24) is 30.0 Å². The van der Waals surface area contributed by atoms with E-state index in [4.69, 9.17) is 26.2 Å². The van der Waals surface area contributed by atoms with E-state index in [1.807, 2.05) is 48.5 Å². The van der Waals surface area contributed by atoms with Gasteiger partial charge in [0.2, 0.25) is 10.8 Å². The molecule has 150 valence electrons. The highest BCUT2D eigenvalue weighted by Gasteiger charge is 2.17. The highest BCUT2D eigenvalue weighted by atomic mass is 35.5. The minimum Gasteiger partial charge on any atom is -0.493 e. The first-order valence-electron chi connectivity index (χ1n) is 8.92. The van der Waals surface area contributed by atoms with Gasteiger partial charge < -0.3 is 9.47 Å². The first-order valence-corrected chi connectivity index (χ1v) is 10.1. The van der Waals surface area contributed by atoms with Gasteiger partial charge in [0.05, 0.1) is 19.9 Å². The van der Waals surface area contributed by atoms with Crippen LogP contribution in [0.25, 0.3) is 38.3 Å². The molecule has 0 saturated carbocycles. The number of methoxy groups -OCH3 is 2. The molecule has 0 saturated heterocycles. The van der Waals surface area contributed by atoms with Crippen molar-refractivity contribution in [3.05, 3.63) is 53.6 Å². The van der Waals surface area contributed by atoms with Gasteiger partial charge in [-0.15, -0.1) is 10.2 Å². The average molecular weight is 439 g/mol. The van der Waals surface area contributed by atoms with Crippen molar-refractivity contribution in [3.8, 4) is 44.8 Å². The molecule has 5 rings (SSSR count). The number of nitrogens with zero attached hydrogens (tertiary/aromatic N) is 5. The largest absolute Gasteiger partial charge is 0.493 e. The van der Waals surface area contributed by atoms with Crippen LogP contribution < -0.4 is 9.47 Å². The van der Waals surface area contributed by atoms with Crippen molar-refractivity contribution >= 4 is 27.9 Å². The van der Waals surface area contributed by atoms with Crippen LogP contribution in [0.1, 0.15) is 0 Å². The Morgan fingerprint density at radius 1 is 0.933 bits per heavy atom. The second kappa shape index (κ2) is 7.43. The van der Waals surface area contributed by atoms with Crippen LogP contribution in [-0.2, 0) is 0 Å². The molecule has 3 heterocycles. The molecule has 0 fully saturated rings. The molecular weight excluding hydrogens is 424 g/mol. The zero-order valence-electron chi connectivity index (χ0n) is 16.0. The summed E-state index contributed by atoms with van der Waals surface area (Å²) in [6.45, 7) is 0. The highest BCUT2D eigenvalue weighted by Crippen LogP contribution is 2.34. The van der Waals surface area contributed by atoms with Crippen molar-refractivity contribution < 1.29 is 9.47 Å². The monoisotopic (exact) mass is 438 g/mol. The summed E-state index contributed by atoms with van der Waals surface area (Å²) in [7, 11) is 3.21. The van der Waals surface area contributed by atoms with Crippen LogP contribution in [0.4, 0.5) is 0 Å². The quantitative estimate of drug-likeness (QED) is 0.432. The lowest BCUT2D eigenvalue weighted by Gasteiger charge is -2.07. The fourth-order valence-corrected chi connectivity index (χ4v) is 4.04. The third-order valence-electron chi connectivity index (χ3n) is 4.58. The molecule has 10 heteroatoms. The van der Waals surface area contributed by atoms with Crippen LogP contribution in [0.3, 0.4) is 0 Å². The molecule has 0 atom stereocenters. The average Bonchev–Trinajstić information content (AvgIpc) is 3.49. The van der Waals surface area contributed by atoms with Crippen LogP contribution >= 0.6 is 22.9 Å². The van der Waals surface area contributed by atoms with E-state index in [0.717, 1.165) is 27.5 Å². The number of fused-ring (bicyclic) bond motifs is 1. The molecule has 8 nitrogen and oxygen atoms in total. The van der Waals surface area contributed by atoms with E-state index >= 15 is 0 Å². The van der Waals surface area contributed by atoms with Gasteiger partial charge in [0.25, 0.3) is 0 Å². The van der Waals surface area contributed by atoms with Gasteiger partial charge in [-0.05, 0) is 36.4 Å². The Labute approximate surface area is 180 Å². The van der Waals surface area contributed by atoms with Crippen molar-refractivity contribution in [2.24, 2.45) is 0 Å². The summed E-state index contributed by atoms with van der Waals surface area (Å²) in [5, 5.41) is 22.1. The van der Waals surface area contributed by atoms with Gasteiger partial charge in [0, 0.05) is 16.1 Å². The van der Waals surface area contributed by atoms with Gasteiger partial charge in [-0.2, -0.15) is 14.7 Å². The molecule has 0 aliphatic heterocycles. The topological polar surface area (TPSA) is 90.2 Å². The Hall–Kier alpha value is -3.43. The Kier molecular flexibility index (Phi) is 4.61. The maximum absolute atomic E-state index is 5.97. The maximum atomic E-state index is 5.97. The lowest BCUT2D eigenvalue weighted by atomic mass is 10.1. The second-order valence-corrected chi connectivity index (χ2v) is 7.76. The van der Waals surface area contributed by atoms with Gasteiger partial charge in [0.15, 0.2) is 11.5 Å². The number of halogens is 1. The molecular formula is C20H15ClN6O2S. The molecule has 0 spiro atoms. The Balaban J connectivity index is 1.52. The molecule has 0 aliphatic rings. The van der Waals surface area contributed by atoms with E-state index in [1.54, 1.807) is 18.7 Å². The molecule has 0 bridgehead atoms. The molecule has 0 aliphatic carbocycles. The summed E-state index contributed by atoms with van der Waals surface area (Å²) < 4.78 is 12.4. The van der Waals surface area contributed by atoms with E-state index in [-0.39, 0.29) is 0 Å². The lowest BCUT2D eigenvalue weighted by molar-refractivity contribution is 0.355. The lowest BCUT2D eigenvalue weighted by Crippen LogP contribution is -1.93. The van der Waals surface area contributed by atoms with Crippen LogP contribution in [0, 0.1) is 0 Å². The Bertz CT molecular complexity index is 1340. The SMILES string of the molecule is COc1ccc(-c2nn3c(-c4cc(-c5ccc(Cl)cc5)n[nH]4)nnc3s2)cc1OC. The predicted octanol–water partition coefficient (Wildman–Crippen LogP) is 4.58. The number of benzene rings is 2. The molecule has 0 radical (unpaired) electrons. The molecule has 1 N–H and O–H groups in total. The summed E-state index contributed by atoms with van der Waals surface area (Å²) >= 11 is 7.40. The summed E-state index contributed by atoms with van der Waals surface area (Å²) in [6.07, 6.45) is 0. The molecule has 30 heavy (non-hydrogen) atoms. The number of H-pyrrole nitrogens is 1. The Morgan fingerprint density at radius 3 is 2.47 bits per heavy atom. The zero-order chi connectivity index (χ0) is 20.7. The molecule has 0 unspecified atom stereocenters. The number of aromatic nitrogens is 6. The third-order valence-corrected chi connectivity index (χ3v) is 5.78.